The summed E-state index contributed by atoms with van der Waals surface area (Å²) in [6, 6.07) is 7.19. The Hall–Kier alpha value is 0.840. The highest BCUT2D eigenvalue weighted by atomic mass is 80.0. The maximum Gasteiger partial charge on any atom is 0.207 e. The normalized spacial score (nSPS) is 12.7. The number of Topliss-reactive ketones (excluding diaryl/α,β-unsaturated/α-hetero) is 1. The lowest BCUT2D eigenvalue weighted by molar-refractivity contribution is -0.113. The van der Waals surface area contributed by atoms with E-state index in [4.69, 9.17) is 11.6 Å². The van der Waals surface area contributed by atoms with Gasteiger partial charge in [-0.05, 0) is 39.7 Å². The summed E-state index contributed by atoms with van der Waals surface area (Å²) in [4.78, 5) is 11.8. The second-order valence-electron chi connectivity index (χ2n) is 2.87. The van der Waals surface area contributed by atoms with Crippen LogP contribution in [0.3, 0.4) is 0 Å². The number of benzene rings is 1. The zero-order valence-electron chi connectivity index (χ0n) is 7.68. The molecule has 0 aliphatic carbocycles. The molecular weight excluding hydrogens is 491 g/mol. The largest absolute Gasteiger partial charge is 0.290 e. The molecule has 0 atom stereocenters. The molecule has 0 aromatic heterocycles. The van der Waals surface area contributed by atoms with Crippen LogP contribution in [0.1, 0.15) is 5.56 Å². The zero-order valence-corrected chi connectivity index (χ0v) is 14.8. The molecule has 1 aromatic rings. The Morgan fingerprint density at radius 3 is 2.12 bits per heavy atom. The lowest BCUT2D eigenvalue weighted by Gasteiger charge is -2.09. The first-order valence-electron chi connectivity index (χ1n) is 4.05. The number of carbonyl (C=O) groups excluding carboxylic acids is 1. The van der Waals surface area contributed by atoms with E-state index < -0.39 is 2.14 Å². The van der Waals surface area contributed by atoms with Crippen molar-refractivity contribution < 1.29 is 4.79 Å². The molecule has 0 bridgehead atoms. The third-order valence-electron chi connectivity index (χ3n) is 1.64. The summed E-state index contributed by atoms with van der Waals surface area (Å²) in [5, 5.41) is 0.662. The Bertz CT molecular complexity index is 419. The Balaban J connectivity index is 2.93. The number of halogens is 5. The fraction of sp³-hybridized carbons (Fsp3) is 0.100. The standard InChI is InChI=1S/C10H5Br4ClO/c11-8(9(16)10(12,13)14)5-6-1-3-7(15)4-2-6/h1-5H/b8-5-. The first kappa shape index (κ1) is 14.9. The van der Waals surface area contributed by atoms with Gasteiger partial charge < -0.3 is 0 Å². The number of rotatable bonds is 2. The van der Waals surface area contributed by atoms with Crippen molar-refractivity contribution in [1.29, 1.82) is 0 Å². The molecule has 0 spiro atoms. The summed E-state index contributed by atoms with van der Waals surface area (Å²) >= 11 is 18.5. The third kappa shape index (κ3) is 4.61. The molecule has 16 heavy (non-hydrogen) atoms. The molecule has 0 N–H and O–H groups in total. The van der Waals surface area contributed by atoms with E-state index in [1.807, 2.05) is 12.1 Å². The van der Waals surface area contributed by atoms with Crippen LogP contribution in [-0.2, 0) is 4.79 Å². The number of alkyl halides is 3. The molecule has 1 rings (SSSR count). The van der Waals surface area contributed by atoms with Gasteiger partial charge in [0.1, 0.15) is 0 Å². The Morgan fingerprint density at radius 1 is 1.19 bits per heavy atom. The van der Waals surface area contributed by atoms with Gasteiger partial charge in [0.25, 0.3) is 0 Å². The molecule has 1 aromatic carbocycles. The van der Waals surface area contributed by atoms with E-state index in [1.54, 1.807) is 18.2 Å². The minimum Gasteiger partial charge on any atom is -0.290 e. The lowest BCUT2D eigenvalue weighted by Crippen LogP contribution is -2.16. The minimum atomic E-state index is -0.936. The number of hydrogen-bond acceptors (Lipinski definition) is 1. The number of allylic oxidation sites excluding steroid dienone is 1. The van der Waals surface area contributed by atoms with Gasteiger partial charge in [-0.2, -0.15) is 0 Å². The van der Waals surface area contributed by atoms with Crippen LogP contribution in [0.15, 0.2) is 28.7 Å². The molecular formula is C10H5Br4ClO. The summed E-state index contributed by atoms with van der Waals surface area (Å²) < 4.78 is -0.491. The molecule has 0 aliphatic rings. The molecule has 0 fully saturated rings. The van der Waals surface area contributed by atoms with Gasteiger partial charge in [-0.3, -0.25) is 4.79 Å². The summed E-state index contributed by atoms with van der Waals surface area (Å²) in [6.07, 6.45) is 1.72. The minimum absolute atomic E-state index is 0.164. The number of carbonyl (C=O) groups is 1. The van der Waals surface area contributed by atoms with Crippen LogP contribution < -0.4 is 0 Å². The highest BCUT2D eigenvalue weighted by molar-refractivity contribution is 9.40. The molecule has 0 amide bonds. The Labute approximate surface area is 132 Å². The Morgan fingerprint density at radius 2 is 1.69 bits per heavy atom. The summed E-state index contributed by atoms with van der Waals surface area (Å²) in [7, 11) is 0. The van der Waals surface area contributed by atoms with E-state index in [1.165, 1.54) is 0 Å². The molecule has 0 heterocycles. The second kappa shape index (κ2) is 6.14. The summed E-state index contributed by atoms with van der Waals surface area (Å²) in [5.41, 5.74) is 0.890. The average molecular weight is 496 g/mol. The van der Waals surface area contributed by atoms with Crippen LogP contribution in [0.4, 0.5) is 0 Å². The van der Waals surface area contributed by atoms with Crippen molar-refractivity contribution in [2.24, 2.45) is 0 Å². The zero-order chi connectivity index (χ0) is 12.3. The van der Waals surface area contributed by atoms with Crippen LogP contribution in [0.5, 0.6) is 0 Å². The molecule has 0 saturated heterocycles. The molecule has 0 saturated carbocycles. The van der Waals surface area contributed by atoms with Crippen molar-refractivity contribution >= 4 is 87.2 Å². The predicted molar refractivity (Wildman–Crippen MR) is 82.9 cm³/mol. The topological polar surface area (TPSA) is 17.1 Å². The molecule has 6 heteroatoms. The molecule has 0 aliphatic heterocycles. The van der Waals surface area contributed by atoms with Gasteiger partial charge in [-0.1, -0.05) is 71.5 Å². The number of hydrogen-bond donors (Lipinski definition) is 0. The van der Waals surface area contributed by atoms with Gasteiger partial charge in [0.05, 0.1) is 4.48 Å². The highest BCUT2D eigenvalue weighted by Gasteiger charge is 2.30. The van der Waals surface area contributed by atoms with E-state index in [0.717, 1.165) is 5.56 Å². The van der Waals surface area contributed by atoms with E-state index in [2.05, 4.69) is 63.7 Å². The fourth-order valence-electron chi connectivity index (χ4n) is 0.906. The van der Waals surface area contributed by atoms with Gasteiger partial charge in [0, 0.05) is 5.02 Å². The predicted octanol–water partition coefficient (Wildman–Crippen LogP) is 5.48. The van der Waals surface area contributed by atoms with Gasteiger partial charge in [0.2, 0.25) is 5.78 Å². The van der Waals surface area contributed by atoms with E-state index in [-0.39, 0.29) is 5.78 Å². The van der Waals surface area contributed by atoms with Gasteiger partial charge in [0.15, 0.2) is 2.14 Å². The van der Waals surface area contributed by atoms with Crippen molar-refractivity contribution in [3.05, 3.63) is 39.3 Å². The van der Waals surface area contributed by atoms with Gasteiger partial charge >= 0.3 is 0 Å². The van der Waals surface area contributed by atoms with Crippen molar-refractivity contribution in [1.82, 2.24) is 0 Å². The Kier molecular flexibility index (Phi) is 5.72. The molecule has 0 unspecified atom stereocenters. The van der Waals surface area contributed by atoms with Crippen molar-refractivity contribution in [2.45, 2.75) is 2.14 Å². The highest BCUT2D eigenvalue weighted by Crippen LogP contribution is 2.38. The smallest absolute Gasteiger partial charge is 0.207 e. The van der Waals surface area contributed by atoms with Crippen molar-refractivity contribution in [3.8, 4) is 0 Å². The van der Waals surface area contributed by atoms with Crippen LogP contribution in [-0.4, -0.2) is 7.93 Å². The lowest BCUT2D eigenvalue weighted by atomic mass is 10.2. The molecule has 0 radical (unpaired) electrons. The van der Waals surface area contributed by atoms with Gasteiger partial charge in [-0.25, -0.2) is 0 Å². The second-order valence-corrected chi connectivity index (χ2v) is 10.9. The molecule has 1 nitrogen and oxygen atoms in total. The first-order valence-corrected chi connectivity index (χ1v) is 7.60. The molecule has 86 valence electrons. The number of ketones is 1. The fourth-order valence-corrected chi connectivity index (χ4v) is 3.03. The van der Waals surface area contributed by atoms with Crippen LogP contribution in [0.25, 0.3) is 6.08 Å². The van der Waals surface area contributed by atoms with Crippen LogP contribution >= 0.6 is 75.3 Å². The summed E-state index contributed by atoms with van der Waals surface area (Å²) in [5.74, 6) is -0.164. The van der Waals surface area contributed by atoms with Gasteiger partial charge in [-0.15, -0.1) is 0 Å². The van der Waals surface area contributed by atoms with Crippen molar-refractivity contribution in [3.63, 3.8) is 0 Å². The third-order valence-corrected chi connectivity index (χ3v) is 3.56. The van der Waals surface area contributed by atoms with Crippen molar-refractivity contribution in [2.75, 3.05) is 0 Å². The maximum absolute atomic E-state index is 11.8. The first-order chi connectivity index (χ1) is 7.30. The van der Waals surface area contributed by atoms with E-state index >= 15 is 0 Å². The monoisotopic (exact) mass is 492 g/mol. The van der Waals surface area contributed by atoms with E-state index in [0.29, 0.717) is 9.51 Å². The SMILES string of the molecule is O=C(/C(Br)=C/c1ccc(Cl)cc1)C(Br)(Br)Br. The van der Waals surface area contributed by atoms with Crippen LogP contribution in [0.2, 0.25) is 5.02 Å². The van der Waals surface area contributed by atoms with Crippen LogP contribution in [0, 0.1) is 0 Å². The quantitative estimate of drug-likeness (QED) is 0.392. The van der Waals surface area contributed by atoms with E-state index in [9.17, 15) is 4.79 Å². The average Bonchev–Trinajstić information content (AvgIpc) is 2.19. The maximum atomic E-state index is 11.8. The summed E-state index contributed by atoms with van der Waals surface area (Å²) in [6.45, 7) is 0.